The van der Waals surface area contributed by atoms with Crippen LogP contribution < -0.4 is 5.73 Å². The smallest absolute Gasteiger partial charge is 0.255 e. The van der Waals surface area contributed by atoms with Gasteiger partial charge in [-0.25, -0.2) is 0 Å². The standard InChI is InChI=1S/C24H20N2O7/c25-23(32)19-16(28)9-12-7-11-8-14-13(10-3-5-26-6-4-10)1-2-15(27)18(14)20(29)17(11)21(30)24(12,33)22(19)31/h1-6,11-12,27,29,31,33H,7-9H2,(H2,25,32). The van der Waals surface area contributed by atoms with Crippen molar-refractivity contribution in [3.8, 4) is 16.9 Å². The Balaban J connectivity index is 1.72. The molecule has 3 unspecified atom stereocenters. The largest absolute Gasteiger partial charge is 0.508 e. The molecule has 3 atom stereocenters. The quantitative estimate of drug-likeness (QED) is 0.430. The molecule has 33 heavy (non-hydrogen) atoms. The van der Waals surface area contributed by atoms with Gasteiger partial charge in [-0.05, 0) is 53.6 Å². The van der Waals surface area contributed by atoms with Crippen molar-refractivity contribution in [3.05, 3.63) is 64.7 Å². The van der Waals surface area contributed by atoms with E-state index in [1.54, 1.807) is 30.6 Å². The number of carbonyl (C=O) groups is 3. The molecule has 0 bridgehead atoms. The monoisotopic (exact) mass is 448 g/mol. The van der Waals surface area contributed by atoms with E-state index in [1.807, 2.05) is 0 Å². The van der Waals surface area contributed by atoms with E-state index in [2.05, 4.69) is 4.98 Å². The fourth-order valence-corrected chi connectivity index (χ4v) is 5.42. The number of phenolic OH excluding ortho intramolecular Hbond substituents is 1. The third-order valence-electron chi connectivity index (χ3n) is 6.94. The number of aromatic hydroxyl groups is 1. The number of aliphatic hydroxyl groups is 3. The molecular formula is C24H20N2O7. The van der Waals surface area contributed by atoms with Crippen LogP contribution in [-0.2, 0) is 20.8 Å². The van der Waals surface area contributed by atoms with Crippen molar-refractivity contribution in [1.82, 2.24) is 4.98 Å². The second-order valence-electron chi connectivity index (χ2n) is 8.63. The molecule has 1 aromatic heterocycles. The molecule has 0 radical (unpaired) electrons. The molecule has 2 aromatic rings. The van der Waals surface area contributed by atoms with Gasteiger partial charge in [0.1, 0.15) is 22.8 Å². The van der Waals surface area contributed by atoms with Crippen LogP contribution >= 0.6 is 0 Å². The first-order chi connectivity index (χ1) is 15.7. The summed E-state index contributed by atoms with van der Waals surface area (Å²) in [5.41, 5.74) is 3.89. The number of primary amides is 1. The van der Waals surface area contributed by atoms with Gasteiger partial charge in [-0.2, -0.15) is 0 Å². The van der Waals surface area contributed by atoms with E-state index in [4.69, 9.17) is 5.73 Å². The van der Waals surface area contributed by atoms with Crippen molar-refractivity contribution < 1.29 is 34.8 Å². The van der Waals surface area contributed by atoms with E-state index in [9.17, 15) is 34.8 Å². The van der Waals surface area contributed by atoms with Crippen molar-refractivity contribution in [2.24, 2.45) is 17.6 Å². The maximum Gasteiger partial charge on any atom is 0.255 e. The van der Waals surface area contributed by atoms with Gasteiger partial charge in [0, 0.05) is 30.3 Å². The molecule has 3 aliphatic carbocycles. The zero-order chi connectivity index (χ0) is 23.7. The Labute approximate surface area is 187 Å². The van der Waals surface area contributed by atoms with Crippen LogP contribution in [0.5, 0.6) is 5.75 Å². The number of rotatable bonds is 2. The van der Waals surface area contributed by atoms with E-state index in [0.717, 1.165) is 11.1 Å². The third-order valence-corrected chi connectivity index (χ3v) is 6.94. The van der Waals surface area contributed by atoms with Crippen LogP contribution in [0.3, 0.4) is 0 Å². The second kappa shape index (κ2) is 7.01. The highest BCUT2D eigenvalue weighted by molar-refractivity contribution is 6.22. The van der Waals surface area contributed by atoms with E-state index in [1.165, 1.54) is 6.07 Å². The van der Waals surface area contributed by atoms with E-state index in [-0.39, 0.29) is 36.1 Å². The van der Waals surface area contributed by atoms with Gasteiger partial charge in [-0.3, -0.25) is 19.4 Å². The number of aliphatic hydroxyl groups excluding tert-OH is 2. The van der Waals surface area contributed by atoms with Crippen LogP contribution in [0.1, 0.15) is 24.0 Å². The summed E-state index contributed by atoms with van der Waals surface area (Å²) in [6.45, 7) is 0. The van der Waals surface area contributed by atoms with E-state index in [0.29, 0.717) is 5.56 Å². The lowest BCUT2D eigenvalue weighted by Gasteiger charge is -2.46. The number of aromatic nitrogens is 1. The Morgan fingerprint density at radius 2 is 1.76 bits per heavy atom. The van der Waals surface area contributed by atoms with Crippen LogP contribution in [0.15, 0.2) is 53.6 Å². The van der Waals surface area contributed by atoms with Gasteiger partial charge in [0.05, 0.1) is 5.56 Å². The molecule has 0 aliphatic heterocycles. The summed E-state index contributed by atoms with van der Waals surface area (Å²) in [6, 6.07) is 6.67. The van der Waals surface area contributed by atoms with Crippen LogP contribution in [-0.4, -0.2) is 48.5 Å². The highest BCUT2D eigenvalue weighted by atomic mass is 16.3. The molecule has 3 aliphatic rings. The summed E-state index contributed by atoms with van der Waals surface area (Å²) >= 11 is 0. The maximum atomic E-state index is 13.5. The molecule has 0 spiro atoms. The Morgan fingerprint density at radius 3 is 2.42 bits per heavy atom. The van der Waals surface area contributed by atoms with E-state index >= 15 is 0 Å². The van der Waals surface area contributed by atoms with Crippen molar-refractivity contribution in [2.45, 2.75) is 24.9 Å². The van der Waals surface area contributed by atoms with Crippen LogP contribution in [0.25, 0.3) is 16.9 Å². The first-order valence-corrected chi connectivity index (χ1v) is 10.4. The lowest BCUT2D eigenvalue weighted by atomic mass is 9.59. The van der Waals surface area contributed by atoms with Gasteiger partial charge in [-0.1, -0.05) is 6.07 Å². The minimum atomic E-state index is -2.56. The Bertz CT molecular complexity index is 1310. The van der Waals surface area contributed by atoms with Crippen molar-refractivity contribution in [2.75, 3.05) is 0 Å². The maximum absolute atomic E-state index is 13.5. The number of hydrogen-bond acceptors (Lipinski definition) is 8. The Morgan fingerprint density at radius 1 is 1.06 bits per heavy atom. The first kappa shape index (κ1) is 20.9. The number of Topliss-reactive ketones (excluding diaryl/α,β-unsaturated/α-hetero) is 2. The number of pyridine rings is 1. The van der Waals surface area contributed by atoms with Crippen molar-refractivity contribution in [1.29, 1.82) is 0 Å². The van der Waals surface area contributed by atoms with Crippen molar-refractivity contribution >= 4 is 23.2 Å². The molecule has 9 heteroatoms. The summed E-state index contributed by atoms with van der Waals surface area (Å²) in [7, 11) is 0. The molecule has 1 saturated carbocycles. The van der Waals surface area contributed by atoms with Gasteiger partial charge >= 0.3 is 0 Å². The molecule has 1 aromatic carbocycles. The Hall–Kier alpha value is -3.98. The molecular weight excluding hydrogens is 428 g/mol. The molecule has 1 amide bonds. The number of amides is 1. The van der Waals surface area contributed by atoms with Crippen LogP contribution in [0.2, 0.25) is 0 Å². The van der Waals surface area contributed by atoms with Gasteiger partial charge in [0.2, 0.25) is 5.78 Å². The second-order valence-corrected chi connectivity index (χ2v) is 8.63. The average Bonchev–Trinajstić information content (AvgIpc) is 2.76. The number of carbonyl (C=O) groups excluding carboxylic acids is 3. The van der Waals surface area contributed by atoms with Gasteiger partial charge in [0.25, 0.3) is 5.91 Å². The summed E-state index contributed by atoms with van der Waals surface area (Å²) in [4.78, 5) is 41.6. The predicted molar refractivity (Wildman–Crippen MR) is 115 cm³/mol. The fourth-order valence-electron chi connectivity index (χ4n) is 5.42. The Kier molecular flexibility index (Phi) is 4.44. The molecule has 9 nitrogen and oxygen atoms in total. The zero-order valence-corrected chi connectivity index (χ0v) is 17.3. The number of benzene rings is 1. The normalized spacial score (nSPS) is 26.6. The SMILES string of the molecule is NC(=O)C1=C(O)C2(O)C(=O)C3=C(O)c4c(O)ccc(-c5ccncc5)c4CC3CC2CC1=O. The molecule has 1 heterocycles. The highest BCUT2D eigenvalue weighted by Gasteiger charge is 2.60. The zero-order valence-electron chi connectivity index (χ0n) is 17.3. The lowest BCUT2D eigenvalue weighted by molar-refractivity contribution is -0.147. The number of phenols is 1. The molecule has 5 rings (SSSR count). The highest BCUT2D eigenvalue weighted by Crippen LogP contribution is 2.52. The predicted octanol–water partition coefficient (Wildman–Crippen LogP) is 1.49. The number of hydrogen-bond donors (Lipinski definition) is 5. The minimum Gasteiger partial charge on any atom is -0.508 e. The molecule has 0 saturated heterocycles. The van der Waals surface area contributed by atoms with Crippen molar-refractivity contribution in [3.63, 3.8) is 0 Å². The minimum absolute atomic E-state index is 0.0662. The third kappa shape index (κ3) is 2.75. The van der Waals surface area contributed by atoms with E-state index < -0.39 is 52.0 Å². The molecule has 168 valence electrons. The van der Waals surface area contributed by atoms with Crippen LogP contribution in [0, 0.1) is 11.8 Å². The summed E-state index contributed by atoms with van der Waals surface area (Å²) in [5, 5.41) is 43.5. The lowest BCUT2D eigenvalue weighted by Crippen LogP contribution is -2.58. The van der Waals surface area contributed by atoms with Gasteiger partial charge in [-0.15, -0.1) is 0 Å². The number of ketones is 2. The summed E-state index contributed by atoms with van der Waals surface area (Å²) in [6.07, 6.45) is 3.22. The number of nitrogens with zero attached hydrogens (tertiary/aromatic N) is 1. The fraction of sp³-hybridized carbons (Fsp3) is 0.250. The van der Waals surface area contributed by atoms with Gasteiger partial charge in [0.15, 0.2) is 11.4 Å². The average molecular weight is 448 g/mol. The number of fused-ring (bicyclic) bond motifs is 3. The first-order valence-electron chi connectivity index (χ1n) is 10.4. The molecule has 6 N–H and O–H groups in total. The molecule has 1 fully saturated rings. The summed E-state index contributed by atoms with van der Waals surface area (Å²) < 4.78 is 0. The van der Waals surface area contributed by atoms with Gasteiger partial charge < -0.3 is 26.2 Å². The number of nitrogens with two attached hydrogens (primary N) is 1. The van der Waals surface area contributed by atoms with Crippen LogP contribution in [0.4, 0.5) is 0 Å². The topological polar surface area (TPSA) is 171 Å². The summed E-state index contributed by atoms with van der Waals surface area (Å²) in [5.74, 6) is -6.40.